The predicted molar refractivity (Wildman–Crippen MR) is 472 cm³/mol. The van der Waals surface area contributed by atoms with E-state index < -0.39 is 54.5 Å². The Balaban J connectivity index is 0.000000182. The van der Waals surface area contributed by atoms with E-state index in [0.29, 0.717) is 69.6 Å². The quantitative estimate of drug-likeness (QED) is 0.0292. The fourth-order valence-electron chi connectivity index (χ4n) is 18.8. The number of alkyl carbamates (subject to hydrolysis) is 4. The van der Waals surface area contributed by atoms with Gasteiger partial charge in [0.15, 0.2) is 0 Å². The number of carboxylic acids is 1. The van der Waals surface area contributed by atoms with E-state index >= 15 is 0 Å². The molecule has 6 aromatic carbocycles. The summed E-state index contributed by atoms with van der Waals surface area (Å²) in [4.78, 5) is 131. The van der Waals surface area contributed by atoms with Crippen LogP contribution in [0.3, 0.4) is 0 Å². The molecule has 8 aliphatic heterocycles. The summed E-state index contributed by atoms with van der Waals surface area (Å²) in [6, 6.07) is 26.7. The van der Waals surface area contributed by atoms with Crippen LogP contribution in [0.4, 0.5) is 30.6 Å². The number of aliphatic carboxylic acids is 1. The lowest BCUT2D eigenvalue weighted by Gasteiger charge is -2.31. The van der Waals surface area contributed by atoms with Gasteiger partial charge in [0, 0.05) is 87.8 Å². The molecule has 4 fully saturated rings. The lowest BCUT2D eigenvalue weighted by atomic mass is 9.90. The Bertz CT molecular complexity index is 5480. The fraction of sp³-hybridized carbons (Fsp3) is 0.489. The highest BCUT2D eigenvalue weighted by molar-refractivity contribution is 6.08. The zero-order valence-electron chi connectivity index (χ0n) is 74.0. The third kappa shape index (κ3) is 19.0. The van der Waals surface area contributed by atoms with Crippen molar-refractivity contribution in [3.8, 4) is 56.3 Å². The average molecular weight is 1710 g/mol. The molecule has 664 valence electrons. The minimum absolute atomic E-state index is 0.0993. The Morgan fingerprint density at radius 1 is 0.472 bits per heavy atom. The van der Waals surface area contributed by atoms with Crippen LogP contribution in [-0.2, 0) is 73.7 Å². The van der Waals surface area contributed by atoms with E-state index in [4.69, 9.17) is 58.2 Å². The highest BCUT2D eigenvalue weighted by Crippen LogP contribution is 2.49. The smallest absolute Gasteiger partial charge is 0.407 e. The summed E-state index contributed by atoms with van der Waals surface area (Å²) in [6.45, 7) is 23.9. The molecule has 0 radical (unpaired) electrons. The molecule has 31 heteroatoms. The van der Waals surface area contributed by atoms with Crippen molar-refractivity contribution in [1.29, 1.82) is 0 Å². The maximum Gasteiger partial charge on any atom is 0.407 e. The Kier molecular flexibility index (Phi) is 27.3. The summed E-state index contributed by atoms with van der Waals surface area (Å²) in [5.74, 6) is 2.35. The summed E-state index contributed by atoms with van der Waals surface area (Å²) in [5, 5.41) is 27.2. The number of hydrogen-bond acceptors (Lipinski definition) is 21. The second-order valence-electron chi connectivity index (χ2n) is 35.6. The second kappa shape index (κ2) is 38.3. The standard InChI is InChI=1S/C47H57N7O8.C40H46N6O5.C7H13NO4/c1-24(2)41(51-46(57)60-7)44(55)53-20-26(5)13-39(53)43-48-19-37(50-43)29-9-11-31-30(15-29)23-62-40-18-32-28(16-34(31)40)10-12-35-33(32)17-36(49-35)38-14-27(22-59-6)21-54(38)45(56)42(25(3)4)52-47(58)61-8;1-21(2)37(45-40(48)50-5)39(47)46-18-22(3)10-35(46)38-42-17-34(44-38)25-6-8-27-26(12-25)20-51-36-15-28-24(13-30(27)36)7-9-31-29(28)14-33(43-31)32-11-23(16-41-32)19-49-4;1-4(2)5(6(9)10)8-7(11)12-3/h9-12,15-16,18-19,24-27,38-39,41-42H,13-14,17,20-23H2,1-8H3,(H,48,50)(H,51,57)(H,52,58);6-9,12-13,15,17,21-23,32,35,37,41H,10-11,14,16,18-20H2,1-5H3,(H,42,44)(H,45,48);4-5H,1-3H3,(H,8,11)(H,9,10)/t26-,27-,38-,39-,41-,42-;22-,23-,32-,35-,37-;5-/m000/s1. The maximum absolute atomic E-state index is 14.1. The number of nitrogens with one attached hydrogen (secondary N) is 7. The minimum atomic E-state index is -1.06. The molecular formula is C94H116N14O17. The number of ether oxygens (including phenoxy) is 8. The van der Waals surface area contributed by atoms with E-state index in [9.17, 15) is 38.4 Å². The van der Waals surface area contributed by atoms with Gasteiger partial charge in [0.25, 0.3) is 0 Å². The number of carbonyl (C=O) groups is 8. The van der Waals surface area contributed by atoms with E-state index in [2.05, 4.69) is 140 Å². The number of nitrogens with zero attached hydrogens (tertiary/aromatic N) is 7. The summed E-state index contributed by atoms with van der Waals surface area (Å²) < 4.78 is 42.5. The molecule has 8 N–H and O–H groups in total. The number of H-pyrrole nitrogens is 2. The Morgan fingerprint density at radius 3 is 1.30 bits per heavy atom. The van der Waals surface area contributed by atoms with Gasteiger partial charge in [-0.25, -0.2) is 33.9 Å². The van der Waals surface area contributed by atoms with Crippen molar-refractivity contribution >= 4 is 92.4 Å². The lowest BCUT2D eigenvalue weighted by molar-refractivity contribution is -0.140. The van der Waals surface area contributed by atoms with Gasteiger partial charge in [0.2, 0.25) is 17.7 Å². The Hall–Kier alpha value is -12.0. The number of likely N-dealkylation sites (tertiary alicyclic amines) is 3. The molecule has 0 spiro atoms. The molecule has 2 aromatic heterocycles. The maximum atomic E-state index is 14.1. The first-order chi connectivity index (χ1) is 60.0. The van der Waals surface area contributed by atoms with Crippen LogP contribution in [0, 0.1) is 47.3 Å². The van der Waals surface area contributed by atoms with Crippen LogP contribution in [0.1, 0.15) is 141 Å². The van der Waals surface area contributed by atoms with Crippen LogP contribution >= 0.6 is 0 Å². The number of aromatic nitrogens is 4. The largest absolute Gasteiger partial charge is 0.488 e. The van der Waals surface area contributed by atoms with Gasteiger partial charge in [0.05, 0.1) is 94.9 Å². The van der Waals surface area contributed by atoms with Crippen LogP contribution in [0.2, 0.25) is 0 Å². The van der Waals surface area contributed by atoms with Crippen molar-refractivity contribution in [3.63, 3.8) is 0 Å². The Morgan fingerprint density at radius 2 is 0.880 bits per heavy atom. The van der Waals surface area contributed by atoms with Crippen LogP contribution in [0.5, 0.6) is 11.5 Å². The van der Waals surface area contributed by atoms with Crippen molar-refractivity contribution in [2.75, 3.05) is 82.1 Å². The number of aliphatic imine (C=N–C) groups is 2. The molecule has 16 rings (SSSR count). The molecule has 0 bridgehead atoms. The van der Waals surface area contributed by atoms with E-state index in [1.807, 2.05) is 68.6 Å². The zero-order valence-corrected chi connectivity index (χ0v) is 74.0. The van der Waals surface area contributed by atoms with E-state index in [1.54, 1.807) is 28.1 Å². The van der Waals surface area contributed by atoms with Crippen molar-refractivity contribution < 1.29 is 81.4 Å². The fourth-order valence-corrected chi connectivity index (χ4v) is 18.8. The highest BCUT2D eigenvalue weighted by Gasteiger charge is 2.46. The number of carbonyl (C=O) groups excluding carboxylic acids is 7. The van der Waals surface area contributed by atoms with Gasteiger partial charge in [-0.2, -0.15) is 0 Å². The molecule has 4 saturated heterocycles. The number of carboxylic acid groups (broad SMARTS) is 1. The summed E-state index contributed by atoms with van der Waals surface area (Å²) in [6.07, 6.45) is 5.82. The number of aromatic amines is 2. The molecule has 8 aromatic rings. The molecule has 0 saturated carbocycles. The molecule has 31 nitrogen and oxygen atoms in total. The molecule has 8 aliphatic rings. The average Bonchev–Trinajstić information content (AvgIpc) is 1.72. The lowest BCUT2D eigenvalue weighted by Crippen LogP contribution is -2.53. The van der Waals surface area contributed by atoms with E-state index in [-0.39, 0.29) is 71.4 Å². The van der Waals surface area contributed by atoms with E-state index in [1.165, 1.54) is 50.5 Å². The van der Waals surface area contributed by atoms with Crippen molar-refractivity contribution in [2.24, 2.45) is 57.3 Å². The highest BCUT2D eigenvalue weighted by atomic mass is 16.6. The van der Waals surface area contributed by atoms with Crippen LogP contribution in [-0.4, -0.2) is 218 Å². The monoisotopic (exact) mass is 1710 g/mol. The van der Waals surface area contributed by atoms with Crippen molar-refractivity contribution in [2.45, 2.75) is 169 Å². The van der Waals surface area contributed by atoms with E-state index in [0.717, 1.165) is 152 Å². The van der Waals surface area contributed by atoms with Crippen LogP contribution in [0.25, 0.3) is 66.3 Å². The first-order valence-electron chi connectivity index (χ1n) is 43.2. The second-order valence-corrected chi connectivity index (χ2v) is 35.6. The molecule has 7 amide bonds. The van der Waals surface area contributed by atoms with Crippen molar-refractivity contribution in [1.82, 2.24) is 61.2 Å². The number of benzene rings is 6. The molecule has 0 aliphatic carbocycles. The van der Waals surface area contributed by atoms with Gasteiger partial charge < -0.3 is 94.3 Å². The molecule has 125 heavy (non-hydrogen) atoms. The molecule has 0 unspecified atom stereocenters. The van der Waals surface area contributed by atoms with Gasteiger partial charge in [0.1, 0.15) is 60.5 Å². The minimum Gasteiger partial charge on any atom is -0.488 e. The summed E-state index contributed by atoms with van der Waals surface area (Å²) in [5.41, 5.74) is 16.7. The Labute approximate surface area is 727 Å². The predicted octanol–water partition coefficient (Wildman–Crippen LogP) is 13.7. The van der Waals surface area contributed by atoms with Crippen LogP contribution in [0.15, 0.2) is 107 Å². The number of fused-ring (bicyclic) bond motifs is 12. The number of imidazole rings is 2. The third-order valence-corrected chi connectivity index (χ3v) is 25.3. The zero-order chi connectivity index (χ0) is 89.1. The van der Waals surface area contributed by atoms with Gasteiger partial charge in [-0.1, -0.05) is 106 Å². The number of methoxy groups -OCH3 is 6. The van der Waals surface area contributed by atoms with Crippen LogP contribution < -0.4 is 36.1 Å². The summed E-state index contributed by atoms with van der Waals surface area (Å²) >= 11 is 0. The van der Waals surface area contributed by atoms with Crippen molar-refractivity contribution in [3.05, 3.63) is 131 Å². The summed E-state index contributed by atoms with van der Waals surface area (Å²) in [7, 11) is 8.53. The normalized spacial score (nSPS) is 21.0. The number of hydrogen-bond donors (Lipinski definition) is 8. The topological polar surface area (TPSA) is 383 Å². The SMILES string of the molecule is COC(=O)N[C@H](C(=O)O)C(C)C.COC[C@@H]1CN[C@H](C2=Nc3ccc4cc5c(cc4c3C2)OCc2cc(-c3cnc([C@@H]4C[C@H](C)CN4C(=O)[C@@H](NC(=O)OC)C(C)C)[nH]3)ccc2-5)C1.COC[C@H]1C[C@@H](C2=Nc3ccc4cc5c(cc4c3C2)OCc2cc(-c3cnc([C@@H]4C[C@H](C)CN4C(=O)[C@@H](NC(=O)OC)C(C)C)[nH]3)ccc2-5)N(C(=O)[C@@H](NC(=O)OC)C(C)C)C1. The molecular weight excluding hydrogens is 1600 g/mol. The van der Waals surface area contributed by atoms with Gasteiger partial charge >= 0.3 is 30.3 Å². The van der Waals surface area contributed by atoms with Gasteiger partial charge in [-0.3, -0.25) is 24.4 Å². The first-order valence-corrected chi connectivity index (χ1v) is 43.2. The number of amides is 7. The third-order valence-electron chi connectivity index (χ3n) is 25.3. The van der Waals surface area contributed by atoms with Gasteiger partial charge in [-0.05, 0) is 182 Å². The molecule has 10 heterocycles. The van der Waals surface area contributed by atoms with Gasteiger partial charge in [-0.15, -0.1) is 0 Å². The number of rotatable bonds is 22. The first kappa shape index (κ1) is 89.3. The molecule has 12 atom stereocenters.